The summed E-state index contributed by atoms with van der Waals surface area (Å²) in [5, 5.41) is 25.5. The Morgan fingerprint density at radius 1 is 1.60 bits per heavy atom. The fourth-order valence-electron chi connectivity index (χ4n) is 0.591. The molecule has 0 aliphatic rings. The summed E-state index contributed by atoms with van der Waals surface area (Å²) in [6.07, 6.45) is -1.03. The average molecular weight is 148 g/mol. The van der Waals surface area contributed by atoms with Gasteiger partial charge in [-0.05, 0) is 5.92 Å². The summed E-state index contributed by atoms with van der Waals surface area (Å²) >= 11 is 0. The SMILES string of the molecule is CC(CC(=O)O)C(O)CO. The van der Waals surface area contributed by atoms with Crippen LogP contribution in [0.25, 0.3) is 0 Å². The van der Waals surface area contributed by atoms with Crippen LogP contribution in [-0.4, -0.2) is 34.0 Å². The van der Waals surface area contributed by atoms with Gasteiger partial charge in [0.15, 0.2) is 0 Å². The van der Waals surface area contributed by atoms with Gasteiger partial charge in [0.05, 0.1) is 19.1 Å². The van der Waals surface area contributed by atoms with Crippen molar-refractivity contribution in [3.05, 3.63) is 0 Å². The molecule has 2 unspecified atom stereocenters. The highest BCUT2D eigenvalue weighted by atomic mass is 16.4. The van der Waals surface area contributed by atoms with E-state index in [0.717, 1.165) is 0 Å². The average Bonchev–Trinajstić information content (AvgIpc) is 1.85. The van der Waals surface area contributed by atoms with Crippen molar-refractivity contribution in [2.45, 2.75) is 19.4 Å². The summed E-state index contributed by atoms with van der Waals surface area (Å²) in [6.45, 7) is 1.20. The van der Waals surface area contributed by atoms with E-state index in [0.29, 0.717) is 0 Å². The first kappa shape index (κ1) is 9.39. The number of aliphatic carboxylic acids is 1. The minimum atomic E-state index is -0.958. The first-order valence-electron chi connectivity index (χ1n) is 3.08. The van der Waals surface area contributed by atoms with Crippen LogP contribution < -0.4 is 0 Å². The molecule has 2 atom stereocenters. The van der Waals surface area contributed by atoms with Crippen molar-refractivity contribution in [3.8, 4) is 0 Å². The molecule has 0 spiro atoms. The Labute approximate surface area is 59.1 Å². The first-order chi connectivity index (χ1) is 4.57. The lowest BCUT2D eigenvalue weighted by Gasteiger charge is -2.13. The summed E-state index contributed by atoms with van der Waals surface area (Å²) in [6, 6.07) is 0. The molecule has 0 saturated heterocycles. The van der Waals surface area contributed by atoms with Gasteiger partial charge in [-0.2, -0.15) is 0 Å². The van der Waals surface area contributed by atoms with Gasteiger partial charge in [-0.15, -0.1) is 0 Å². The quantitative estimate of drug-likeness (QED) is 0.500. The van der Waals surface area contributed by atoms with E-state index < -0.39 is 12.1 Å². The van der Waals surface area contributed by atoms with E-state index in [1.165, 1.54) is 0 Å². The van der Waals surface area contributed by atoms with Crippen molar-refractivity contribution in [1.29, 1.82) is 0 Å². The molecule has 0 aromatic heterocycles. The number of aliphatic hydroxyl groups excluding tert-OH is 2. The Morgan fingerprint density at radius 3 is 2.40 bits per heavy atom. The fraction of sp³-hybridized carbons (Fsp3) is 0.833. The number of hydrogen-bond donors (Lipinski definition) is 3. The Morgan fingerprint density at radius 2 is 2.10 bits per heavy atom. The van der Waals surface area contributed by atoms with Crippen LogP contribution in [0.5, 0.6) is 0 Å². The van der Waals surface area contributed by atoms with Gasteiger partial charge in [-0.1, -0.05) is 6.92 Å². The smallest absolute Gasteiger partial charge is 0.303 e. The number of carbonyl (C=O) groups is 1. The predicted octanol–water partition coefficient (Wildman–Crippen LogP) is -0.550. The molecule has 4 heteroatoms. The third-order valence-electron chi connectivity index (χ3n) is 1.34. The number of hydrogen-bond acceptors (Lipinski definition) is 3. The van der Waals surface area contributed by atoms with Gasteiger partial charge in [-0.25, -0.2) is 0 Å². The molecule has 4 nitrogen and oxygen atoms in total. The number of carboxylic acids is 1. The highest BCUT2D eigenvalue weighted by molar-refractivity contribution is 5.67. The molecule has 0 bridgehead atoms. The third kappa shape index (κ3) is 3.42. The minimum absolute atomic E-state index is 0.109. The second-order valence-electron chi connectivity index (χ2n) is 2.33. The molecule has 0 saturated carbocycles. The first-order valence-corrected chi connectivity index (χ1v) is 3.08. The third-order valence-corrected chi connectivity index (χ3v) is 1.34. The molecule has 0 aromatic carbocycles. The van der Waals surface area contributed by atoms with Crippen molar-refractivity contribution in [3.63, 3.8) is 0 Å². The maximum Gasteiger partial charge on any atom is 0.303 e. The van der Waals surface area contributed by atoms with Crippen LogP contribution in [0.15, 0.2) is 0 Å². The van der Waals surface area contributed by atoms with Gasteiger partial charge < -0.3 is 15.3 Å². The van der Waals surface area contributed by atoms with E-state index in [2.05, 4.69) is 0 Å². The highest BCUT2D eigenvalue weighted by Crippen LogP contribution is 2.06. The van der Waals surface area contributed by atoms with Crippen molar-refractivity contribution < 1.29 is 20.1 Å². The van der Waals surface area contributed by atoms with Crippen molar-refractivity contribution in [1.82, 2.24) is 0 Å². The lowest BCUT2D eigenvalue weighted by molar-refractivity contribution is -0.139. The van der Waals surface area contributed by atoms with Crippen LogP contribution in [0.3, 0.4) is 0 Å². The zero-order valence-corrected chi connectivity index (χ0v) is 5.82. The summed E-state index contributed by atoms with van der Waals surface area (Å²) < 4.78 is 0. The van der Waals surface area contributed by atoms with Crippen LogP contribution in [0.1, 0.15) is 13.3 Å². The summed E-state index contributed by atoms with van der Waals surface area (Å²) in [7, 11) is 0. The molecule has 60 valence electrons. The van der Waals surface area contributed by atoms with Gasteiger partial charge in [0, 0.05) is 0 Å². The number of carboxylic acid groups (broad SMARTS) is 1. The standard InChI is InChI=1S/C6H12O4/c1-4(2-6(9)10)5(8)3-7/h4-5,7-8H,2-3H2,1H3,(H,9,10). The van der Waals surface area contributed by atoms with Gasteiger partial charge in [0.2, 0.25) is 0 Å². The Hall–Kier alpha value is -0.610. The second-order valence-corrected chi connectivity index (χ2v) is 2.33. The zero-order chi connectivity index (χ0) is 8.15. The van der Waals surface area contributed by atoms with Crippen molar-refractivity contribution in [2.24, 2.45) is 5.92 Å². The molecule has 0 aliphatic heterocycles. The molecule has 0 aliphatic carbocycles. The minimum Gasteiger partial charge on any atom is -0.481 e. The Bertz CT molecular complexity index is 112. The molecule has 0 radical (unpaired) electrons. The fourth-order valence-corrected chi connectivity index (χ4v) is 0.591. The molecule has 0 aromatic rings. The maximum absolute atomic E-state index is 10.0. The highest BCUT2D eigenvalue weighted by Gasteiger charge is 2.15. The van der Waals surface area contributed by atoms with E-state index in [9.17, 15) is 4.79 Å². The Kier molecular flexibility index (Phi) is 3.99. The van der Waals surface area contributed by atoms with Gasteiger partial charge >= 0.3 is 5.97 Å². The zero-order valence-electron chi connectivity index (χ0n) is 5.82. The number of rotatable bonds is 4. The largest absolute Gasteiger partial charge is 0.481 e. The van der Waals surface area contributed by atoms with Crippen LogP contribution in [0.4, 0.5) is 0 Å². The van der Waals surface area contributed by atoms with Crippen LogP contribution in [-0.2, 0) is 4.79 Å². The van der Waals surface area contributed by atoms with E-state index >= 15 is 0 Å². The molecule has 0 rings (SSSR count). The molecule has 0 heterocycles. The molecular formula is C6H12O4. The van der Waals surface area contributed by atoms with Gasteiger partial charge in [0.1, 0.15) is 0 Å². The van der Waals surface area contributed by atoms with Crippen LogP contribution >= 0.6 is 0 Å². The molecule has 10 heavy (non-hydrogen) atoms. The van der Waals surface area contributed by atoms with Crippen molar-refractivity contribution in [2.75, 3.05) is 6.61 Å². The van der Waals surface area contributed by atoms with Crippen LogP contribution in [0, 0.1) is 5.92 Å². The molecular weight excluding hydrogens is 136 g/mol. The number of aliphatic hydroxyl groups is 2. The van der Waals surface area contributed by atoms with Crippen LogP contribution in [0.2, 0.25) is 0 Å². The van der Waals surface area contributed by atoms with E-state index in [1.807, 2.05) is 0 Å². The summed E-state index contributed by atoms with van der Waals surface area (Å²) in [5.74, 6) is -1.34. The van der Waals surface area contributed by atoms with E-state index in [-0.39, 0.29) is 18.9 Å². The monoisotopic (exact) mass is 148 g/mol. The van der Waals surface area contributed by atoms with E-state index in [4.69, 9.17) is 15.3 Å². The van der Waals surface area contributed by atoms with Gasteiger partial charge in [0.25, 0.3) is 0 Å². The predicted molar refractivity (Wildman–Crippen MR) is 34.5 cm³/mol. The Balaban J connectivity index is 3.61. The second kappa shape index (κ2) is 4.24. The summed E-state index contributed by atoms with van der Waals surface area (Å²) in [4.78, 5) is 10.0. The maximum atomic E-state index is 10.0. The lowest BCUT2D eigenvalue weighted by Crippen LogP contribution is -2.23. The normalized spacial score (nSPS) is 16.3. The van der Waals surface area contributed by atoms with E-state index in [1.54, 1.807) is 6.92 Å². The van der Waals surface area contributed by atoms with Crippen molar-refractivity contribution >= 4 is 5.97 Å². The summed E-state index contributed by atoms with van der Waals surface area (Å²) in [5.41, 5.74) is 0. The molecule has 3 N–H and O–H groups in total. The van der Waals surface area contributed by atoms with Gasteiger partial charge in [-0.3, -0.25) is 4.79 Å². The molecule has 0 amide bonds. The topological polar surface area (TPSA) is 77.8 Å². The molecule has 0 fully saturated rings. The lowest BCUT2D eigenvalue weighted by atomic mass is 10.0.